The van der Waals surface area contributed by atoms with Gasteiger partial charge in [-0.1, -0.05) is 90.0 Å². The molecular weight excluding hydrogens is 585 g/mol. The molecule has 0 radical (unpaired) electrons. The van der Waals surface area contributed by atoms with Crippen LogP contribution in [0.4, 0.5) is 0 Å². The van der Waals surface area contributed by atoms with E-state index in [1.165, 1.54) is 63.9 Å². The molecule has 0 aromatic carbocycles. The minimum absolute atomic E-state index is 0.0652. The van der Waals surface area contributed by atoms with Gasteiger partial charge in [0, 0.05) is 12.8 Å². The Morgan fingerprint density at radius 3 is 1.88 bits per heavy atom. The van der Waals surface area contributed by atoms with Gasteiger partial charge in [-0.2, -0.15) is 0 Å². The number of carbonyl (C=O) groups excluding carboxylic acids is 3. The lowest BCUT2D eigenvalue weighted by atomic mass is 10.0. The maximum Gasteiger partial charge on any atom is 0.472 e. The number of aliphatic carboxylic acids is 1. The molecule has 13 nitrogen and oxygen atoms in total. The van der Waals surface area contributed by atoms with E-state index in [1.807, 2.05) is 0 Å². The van der Waals surface area contributed by atoms with Crippen molar-refractivity contribution in [2.24, 2.45) is 5.73 Å². The number of phosphoric ester groups is 1. The van der Waals surface area contributed by atoms with E-state index in [-0.39, 0.29) is 19.3 Å². The first-order valence-electron chi connectivity index (χ1n) is 15.3. The van der Waals surface area contributed by atoms with Gasteiger partial charge in [-0.25, -0.2) is 4.57 Å². The summed E-state index contributed by atoms with van der Waals surface area (Å²) in [6.45, 7) is 0.232. The molecule has 2 unspecified atom stereocenters. The van der Waals surface area contributed by atoms with Crippen molar-refractivity contribution in [3.8, 4) is 0 Å². The molecule has 0 fully saturated rings. The summed E-state index contributed by atoms with van der Waals surface area (Å²) >= 11 is 0. The number of aldehydes is 1. The molecule has 0 rings (SSSR count). The van der Waals surface area contributed by atoms with E-state index in [4.69, 9.17) is 24.8 Å². The topological polar surface area (TPSA) is 209 Å². The number of carboxylic acids is 1. The third-order valence-electron chi connectivity index (χ3n) is 6.43. The molecular formula is C29H52NO12P. The lowest BCUT2D eigenvalue weighted by molar-refractivity contribution is -0.161. The summed E-state index contributed by atoms with van der Waals surface area (Å²) in [5, 5.41) is 18.5. The van der Waals surface area contributed by atoms with Crippen molar-refractivity contribution in [1.82, 2.24) is 0 Å². The molecule has 250 valence electrons. The van der Waals surface area contributed by atoms with E-state index in [9.17, 15) is 33.7 Å². The zero-order valence-corrected chi connectivity index (χ0v) is 26.3. The fraction of sp³-hybridized carbons (Fsp3) is 0.793. The molecule has 5 N–H and O–H groups in total. The maximum atomic E-state index is 12.2. The van der Waals surface area contributed by atoms with Crippen LogP contribution in [0.2, 0.25) is 0 Å². The molecule has 0 aromatic rings. The number of allylic oxidation sites excluding steroid dienone is 1. The predicted octanol–water partition coefficient (Wildman–Crippen LogP) is 4.36. The van der Waals surface area contributed by atoms with Gasteiger partial charge in [0.15, 0.2) is 6.10 Å². The molecule has 0 aliphatic rings. The molecule has 0 aliphatic carbocycles. The average Bonchev–Trinajstić information content (AvgIpc) is 2.97. The highest BCUT2D eigenvalue weighted by atomic mass is 31.2. The number of aliphatic hydroxyl groups is 1. The van der Waals surface area contributed by atoms with Crippen LogP contribution in [-0.4, -0.2) is 77.4 Å². The summed E-state index contributed by atoms with van der Waals surface area (Å²) in [6.07, 6.45) is 15.4. The number of esters is 2. The van der Waals surface area contributed by atoms with Crippen molar-refractivity contribution < 1.29 is 57.4 Å². The Morgan fingerprint density at radius 1 is 0.814 bits per heavy atom. The summed E-state index contributed by atoms with van der Waals surface area (Å²) in [5.74, 6) is -2.80. The summed E-state index contributed by atoms with van der Waals surface area (Å²) in [5.41, 5.74) is 5.24. The molecule has 0 amide bonds. The van der Waals surface area contributed by atoms with Crippen LogP contribution in [0, 0.1) is 0 Å². The number of carboxylic acid groups (broad SMARTS) is 1. The number of unbranched alkanes of at least 4 members (excludes halogenated alkanes) is 12. The number of hydrogen-bond acceptors (Lipinski definition) is 11. The largest absolute Gasteiger partial charge is 0.480 e. The summed E-state index contributed by atoms with van der Waals surface area (Å²) in [4.78, 5) is 55.4. The van der Waals surface area contributed by atoms with Gasteiger partial charge in [-0.05, 0) is 18.9 Å². The molecule has 0 spiro atoms. The molecule has 4 atom stereocenters. The van der Waals surface area contributed by atoms with E-state index >= 15 is 0 Å². The second-order valence-electron chi connectivity index (χ2n) is 10.4. The SMILES string of the molecule is CCCCCCCCCCCCCCCC(=O)OC[C@H](COP(=O)(O)OC[C@H](N)C(=O)O)OC(=O)CCC(O)/C=C/C=O. The monoisotopic (exact) mass is 637 g/mol. The Morgan fingerprint density at radius 2 is 1.35 bits per heavy atom. The Kier molecular flexibility index (Phi) is 25.0. The zero-order chi connectivity index (χ0) is 32.3. The number of aliphatic hydroxyl groups excluding tert-OH is 1. The molecule has 0 aromatic heterocycles. The van der Waals surface area contributed by atoms with Crippen LogP contribution in [0.25, 0.3) is 0 Å². The average molecular weight is 638 g/mol. The van der Waals surface area contributed by atoms with E-state index < -0.39 is 63.8 Å². The third-order valence-corrected chi connectivity index (χ3v) is 7.38. The normalized spacial score (nSPS) is 15.0. The number of hydrogen-bond donors (Lipinski definition) is 4. The summed E-state index contributed by atoms with van der Waals surface area (Å²) < 4.78 is 31.8. The molecule has 0 saturated carbocycles. The summed E-state index contributed by atoms with van der Waals surface area (Å²) in [6, 6.07) is -1.57. The number of ether oxygens (including phenoxy) is 2. The van der Waals surface area contributed by atoms with Crippen LogP contribution in [0.3, 0.4) is 0 Å². The maximum absolute atomic E-state index is 12.2. The number of rotatable bonds is 29. The predicted molar refractivity (Wildman–Crippen MR) is 159 cm³/mol. The highest BCUT2D eigenvalue weighted by Crippen LogP contribution is 2.43. The minimum atomic E-state index is -4.78. The van der Waals surface area contributed by atoms with Gasteiger partial charge in [-0.3, -0.25) is 28.2 Å². The lowest BCUT2D eigenvalue weighted by Gasteiger charge is -2.20. The molecule has 0 heterocycles. The van der Waals surface area contributed by atoms with Gasteiger partial charge >= 0.3 is 25.7 Å². The highest BCUT2D eigenvalue weighted by Gasteiger charge is 2.28. The molecule has 0 saturated heterocycles. The van der Waals surface area contributed by atoms with Gasteiger partial charge in [-0.15, -0.1) is 0 Å². The van der Waals surface area contributed by atoms with E-state index in [2.05, 4.69) is 11.4 Å². The highest BCUT2D eigenvalue weighted by molar-refractivity contribution is 7.47. The van der Waals surface area contributed by atoms with Crippen LogP contribution >= 0.6 is 7.82 Å². The molecule has 0 bridgehead atoms. The first-order chi connectivity index (χ1) is 20.5. The summed E-state index contributed by atoms with van der Waals surface area (Å²) in [7, 11) is -4.78. The Bertz CT molecular complexity index is 853. The van der Waals surface area contributed by atoms with Crippen LogP contribution < -0.4 is 5.73 Å². The van der Waals surface area contributed by atoms with Crippen molar-refractivity contribution in [1.29, 1.82) is 0 Å². The van der Waals surface area contributed by atoms with Crippen LogP contribution in [0.1, 0.15) is 110 Å². The van der Waals surface area contributed by atoms with Gasteiger partial charge < -0.3 is 30.3 Å². The fourth-order valence-electron chi connectivity index (χ4n) is 3.90. The quantitative estimate of drug-likeness (QED) is 0.0296. The lowest BCUT2D eigenvalue weighted by Crippen LogP contribution is -2.34. The van der Waals surface area contributed by atoms with Gasteiger partial charge in [0.1, 0.15) is 18.9 Å². The van der Waals surface area contributed by atoms with E-state index in [0.29, 0.717) is 12.7 Å². The van der Waals surface area contributed by atoms with E-state index in [0.717, 1.165) is 25.3 Å². The third kappa shape index (κ3) is 26.0. The molecule has 0 aliphatic heterocycles. The second kappa shape index (κ2) is 26.3. The molecule has 14 heteroatoms. The fourth-order valence-corrected chi connectivity index (χ4v) is 4.68. The molecule has 43 heavy (non-hydrogen) atoms. The number of phosphoric acid groups is 1. The van der Waals surface area contributed by atoms with Crippen molar-refractivity contribution in [2.75, 3.05) is 19.8 Å². The van der Waals surface area contributed by atoms with Crippen molar-refractivity contribution in [3.63, 3.8) is 0 Å². The van der Waals surface area contributed by atoms with Crippen LogP contribution in [-0.2, 0) is 42.3 Å². The van der Waals surface area contributed by atoms with Gasteiger partial charge in [0.05, 0.1) is 19.3 Å². The minimum Gasteiger partial charge on any atom is -0.480 e. The van der Waals surface area contributed by atoms with Crippen molar-refractivity contribution in [2.45, 2.75) is 128 Å². The Balaban J connectivity index is 4.49. The van der Waals surface area contributed by atoms with Crippen LogP contribution in [0.5, 0.6) is 0 Å². The van der Waals surface area contributed by atoms with Crippen LogP contribution in [0.15, 0.2) is 12.2 Å². The zero-order valence-electron chi connectivity index (χ0n) is 25.4. The van der Waals surface area contributed by atoms with Gasteiger partial charge in [0.25, 0.3) is 0 Å². The second-order valence-corrected chi connectivity index (χ2v) is 11.9. The Hall–Kier alpha value is -2.15. The number of carbonyl (C=O) groups is 4. The Labute approximate surface area is 255 Å². The first kappa shape index (κ1) is 40.9. The smallest absolute Gasteiger partial charge is 0.472 e. The van der Waals surface area contributed by atoms with E-state index in [1.54, 1.807) is 0 Å². The standard InChI is InChI=1S/C29H52NO12P/c1-2-3-4-5-6-7-8-9-10-11-12-13-14-17-27(33)39-21-25(42-28(34)19-18-24(32)16-15-20-31)22-40-43(37,38)41-23-26(30)29(35)36/h15-16,20,24-26,32H,2-14,17-19,21-23,30H2,1H3,(H,35,36)(H,37,38)/b16-15+/t24?,25-,26+/m1/s1. The van der Waals surface area contributed by atoms with Crippen molar-refractivity contribution >= 4 is 32.0 Å². The first-order valence-corrected chi connectivity index (χ1v) is 16.8. The number of nitrogens with two attached hydrogens (primary N) is 1. The van der Waals surface area contributed by atoms with Gasteiger partial charge in [0.2, 0.25) is 0 Å². The van der Waals surface area contributed by atoms with Crippen molar-refractivity contribution in [3.05, 3.63) is 12.2 Å².